The summed E-state index contributed by atoms with van der Waals surface area (Å²) >= 11 is 0. The number of anilines is 1. The molecule has 0 bridgehead atoms. The topological polar surface area (TPSA) is 55.4 Å². The van der Waals surface area contributed by atoms with Crippen LogP contribution in [0.25, 0.3) is 0 Å². The lowest BCUT2D eigenvalue weighted by atomic mass is 10.2. The monoisotopic (exact) mass is 313 g/mol. The molecule has 1 N–H and O–H groups in total. The molecule has 0 atom stereocenters. The summed E-state index contributed by atoms with van der Waals surface area (Å²) in [5.41, 5.74) is 0.502. The van der Waals surface area contributed by atoms with Gasteiger partial charge in [-0.2, -0.15) is 0 Å². The van der Waals surface area contributed by atoms with Crippen molar-refractivity contribution in [3.05, 3.63) is 59.7 Å². The number of ether oxygens (including phenoxy) is 1. The Labute approximate surface area is 121 Å². The van der Waals surface area contributed by atoms with Crippen LogP contribution in [-0.2, 0) is 21.4 Å². The van der Waals surface area contributed by atoms with Crippen LogP contribution in [0.2, 0.25) is 0 Å². The first-order chi connectivity index (χ1) is 9.92. The normalized spacial score (nSPS) is 11.4. The number of hydrogen-bond donors (Lipinski definition) is 1. The SMILES string of the molecule is COCc1ccc(S(=O)(=O)Nc2ccc(F)cc2F)cc1. The van der Waals surface area contributed by atoms with Gasteiger partial charge < -0.3 is 4.74 Å². The van der Waals surface area contributed by atoms with Crippen LogP contribution in [0.4, 0.5) is 14.5 Å². The summed E-state index contributed by atoms with van der Waals surface area (Å²) in [7, 11) is -2.40. The Morgan fingerprint density at radius 3 is 2.33 bits per heavy atom. The average molecular weight is 313 g/mol. The van der Waals surface area contributed by atoms with Crippen LogP contribution < -0.4 is 4.72 Å². The van der Waals surface area contributed by atoms with Crippen LogP contribution >= 0.6 is 0 Å². The van der Waals surface area contributed by atoms with E-state index in [4.69, 9.17) is 4.74 Å². The zero-order valence-corrected chi connectivity index (χ0v) is 12.0. The predicted octanol–water partition coefficient (Wildman–Crippen LogP) is 2.91. The maximum atomic E-state index is 13.5. The molecule has 112 valence electrons. The summed E-state index contributed by atoms with van der Waals surface area (Å²) in [5.74, 6) is -1.76. The Morgan fingerprint density at radius 2 is 1.76 bits per heavy atom. The van der Waals surface area contributed by atoms with Crippen LogP contribution in [0.15, 0.2) is 47.4 Å². The number of sulfonamides is 1. The summed E-state index contributed by atoms with van der Waals surface area (Å²) in [6.07, 6.45) is 0. The van der Waals surface area contributed by atoms with Crippen molar-refractivity contribution in [1.82, 2.24) is 0 Å². The van der Waals surface area contributed by atoms with Crippen LogP contribution in [0.1, 0.15) is 5.56 Å². The van der Waals surface area contributed by atoms with E-state index < -0.39 is 21.7 Å². The zero-order chi connectivity index (χ0) is 15.5. The van der Waals surface area contributed by atoms with Crippen molar-refractivity contribution in [2.24, 2.45) is 0 Å². The second kappa shape index (κ2) is 6.19. The summed E-state index contributed by atoms with van der Waals surface area (Å²) in [6, 6.07) is 8.58. The molecule has 21 heavy (non-hydrogen) atoms. The third kappa shape index (κ3) is 3.77. The Morgan fingerprint density at radius 1 is 1.10 bits per heavy atom. The predicted molar refractivity (Wildman–Crippen MR) is 74.3 cm³/mol. The first kappa shape index (κ1) is 15.4. The summed E-state index contributed by atoms with van der Waals surface area (Å²) in [6.45, 7) is 0.361. The molecule has 2 aromatic carbocycles. The molecule has 4 nitrogen and oxygen atoms in total. The molecule has 0 saturated carbocycles. The Kier molecular flexibility index (Phi) is 4.54. The Bertz CT molecular complexity index is 730. The molecule has 0 unspecified atom stereocenters. The van der Waals surface area contributed by atoms with Gasteiger partial charge >= 0.3 is 0 Å². The van der Waals surface area contributed by atoms with E-state index in [1.807, 2.05) is 0 Å². The summed E-state index contributed by atoms with van der Waals surface area (Å²) < 4.78 is 57.5. The second-order valence-electron chi connectivity index (χ2n) is 4.31. The van der Waals surface area contributed by atoms with E-state index in [0.29, 0.717) is 12.7 Å². The first-order valence-corrected chi connectivity index (χ1v) is 7.46. The van der Waals surface area contributed by atoms with Crippen molar-refractivity contribution in [2.45, 2.75) is 11.5 Å². The van der Waals surface area contributed by atoms with Crippen molar-refractivity contribution in [2.75, 3.05) is 11.8 Å². The van der Waals surface area contributed by atoms with Crippen molar-refractivity contribution in [1.29, 1.82) is 0 Å². The van der Waals surface area contributed by atoms with Crippen molar-refractivity contribution in [3.8, 4) is 0 Å². The molecule has 2 rings (SSSR count). The maximum Gasteiger partial charge on any atom is 0.261 e. The van der Waals surface area contributed by atoms with Gasteiger partial charge in [-0.25, -0.2) is 17.2 Å². The van der Waals surface area contributed by atoms with Crippen LogP contribution in [0, 0.1) is 11.6 Å². The number of hydrogen-bond acceptors (Lipinski definition) is 3. The van der Waals surface area contributed by atoms with Gasteiger partial charge in [0.25, 0.3) is 10.0 Å². The minimum Gasteiger partial charge on any atom is -0.380 e. The third-order valence-electron chi connectivity index (χ3n) is 2.72. The lowest BCUT2D eigenvalue weighted by Gasteiger charge is -2.09. The minimum absolute atomic E-state index is 0.0221. The Balaban J connectivity index is 2.25. The fourth-order valence-electron chi connectivity index (χ4n) is 1.71. The van der Waals surface area contributed by atoms with Gasteiger partial charge in [0.1, 0.15) is 11.6 Å². The molecule has 0 spiro atoms. The molecule has 0 aliphatic rings. The standard InChI is InChI=1S/C14H13F2NO3S/c1-20-9-10-2-5-12(6-3-10)21(18,19)17-14-7-4-11(15)8-13(14)16/h2-8,17H,9H2,1H3. The molecule has 0 heterocycles. The average Bonchev–Trinajstić information content (AvgIpc) is 2.43. The molecule has 0 amide bonds. The van der Waals surface area contributed by atoms with Gasteiger partial charge in [-0.1, -0.05) is 12.1 Å². The van der Waals surface area contributed by atoms with E-state index in [1.54, 1.807) is 12.1 Å². The van der Waals surface area contributed by atoms with Gasteiger partial charge in [0, 0.05) is 13.2 Å². The highest BCUT2D eigenvalue weighted by Gasteiger charge is 2.16. The highest BCUT2D eigenvalue weighted by molar-refractivity contribution is 7.92. The minimum atomic E-state index is -3.93. The van der Waals surface area contributed by atoms with Crippen LogP contribution in [0.3, 0.4) is 0 Å². The van der Waals surface area contributed by atoms with Crippen molar-refractivity contribution >= 4 is 15.7 Å². The highest BCUT2D eigenvalue weighted by Crippen LogP contribution is 2.20. The molecule has 0 aliphatic carbocycles. The number of nitrogens with one attached hydrogen (secondary N) is 1. The lowest BCUT2D eigenvalue weighted by molar-refractivity contribution is 0.185. The van der Waals surface area contributed by atoms with Crippen LogP contribution in [-0.4, -0.2) is 15.5 Å². The fraction of sp³-hybridized carbons (Fsp3) is 0.143. The molecule has 0 saturated heterocycles. The van der Waals surface area contributed by atoms with E-state index in [2.05, 4.69) is 4.72 Å². The van der Waals surface area contributed by atoms with Gasteiger partial charge in [0.05, 0.1) is 17.2 Å². The quantitative estimate of drug-likeness (QED) is 0.923. The van der Waals surface area contributed by atoms with E-state index >= 15 is 0 Å². The van der Waals surface area contributed by atoms with Crippen molar-refractivity contribution in [3.63, 3.8) is 0 Å². The summed E-state index contributed by atoms with van der Waals surface area (Å²) in [5, 5.41) is 0. The Hall–Kier alpha value is -1.99. The molecule has 0 radical (unpaired) electrons. The van der Waals surface area contributed by atoms with E-state index in [1.165, 1.54) is 19.2 Å². The molecule has 0 fully saturated rings. The highest BCUT2D eigenvalue weighted by atomic mass is 32.2. The number of methoxy groups -OCH3 is 1. The number of benzene rings is 2. The number of rotatable bonds is 5. The van der Waals surface area contributed by atoms with Crippen molar-refractivity contribution < 1.29 is 21.9 Å². The molecule has 0 aromatic heterocycles. The number of halogens is 2. The fourth-order valence-corrected chi connectivity index (χ4v) is 2.77. The van der Waals surface area contributed by atoms with Gasteiger partial charge in [-0.15, -0.1) is 0 Å². The smallest absolute Gasteiger partial charge is 0.261 e. The lowest BCUT2D eigenvalue weighted by Crippen LogP contribution is -2.14. The van der Waals surface area contributed by atoms with Gasteiger partial charge in [-0.05, 0) is 29.8 Å². The van der Waals surface area contributed by atoms with Gasteiger partial charge in [0.15, 0.2) is 0 Å². The molecule has 2 aromatic rings. The molecular weight excluding hydrogens is 300 g/mol. The molecule has 0 aliphatic heterocycles. The maximum absolute atomic E-state index is 13.5. The van der Waals surface area contributed by atoms with Gasteiger partial charge in [0.2, 0.25) is 0 Å². The first-order valence-electron chi connectivity index (χ1n) is 5.98. The van der Waals surface area contributed by atoms with E-state index in [-0.39, 0.29) is 10.6 Å². The zero-order valence-electron chi connectivity index (χ0n) is 11.1. The van der Waals surface area contributed by atoms with Crippen LogP contribution in [0.5, 0.6) is 0 Å². The molecule has 7 heteroatoms. The second-order valence-corrected chi connectivity index (χ2v) is 5.99. The van der Waals surface area contributed by atoms with E-state index in [9.17, 15) is 17.2 Å². The van der Waals surface area contributed by atoms with Gasteiger partial charge in [-0.3, -0.25) is 4.72 Å². The molecular formula is C14H13F2NO3S. The van der Waals surface area contributed by atoms with E-state index in [0.717, 1.165) is 17.7 Å². The largest absolute Gasteiger partial charge is 0.380 e. The summed E-state index contributed by atoms with van der Waals surface area (Å²) in [4.78, 5) is -0.0221. The third-order valence-corrected chi connectivity index (χ3v) is 4.10.